The zero-order valence-electron chi connectivity index (χ0n) is 13.0. The number of likely N-dealkylation sites (tertiary alicyclic amines) is 2. The van der Waals surface area contributed by atoms with Crippen LogP contribution in [0, 0.1) is 0 Å². The van der Waals surface area contributed by atoms with Crippen molar-refractivity contribution in [1.82, 2.24) is 15.1 Å². The summed E-state index contributed by atoms with van der Waals surface area (Å²) < 4.78 is 15.3. The maximum Gasteiger partial charge on any atom is 0.242 e. The number of amides is 2. The Hall–Kier alpha value is -1.43. The first-order valence-corrected chi connectivity index (χ1v) is 6.49. The minimum Gasteiger partial charge on any atom is -0.346 e. The predicted molar refractivity (Wildman–Crippen MR) is 69.5 cm³/mol. The predicted octanol–water partition coefficient (Wildman–Crippen LogP) is -0.613. The highest BCUT2D eigenvalue weighted by Crippen LogP contribution is 2.16. The van der Waals surface area contributed by atoms with Gasteiger partial charge in [-0.15, -0.1) is 0 Å². The minimum absolute atomic E-state index is 0.164. The van der Waals surface area contributed by atoms with E-state index in [1.165, 1.54) is 4.90 Å². The number of hydrogen-bond donors (Lipinski definition) is 1. The van der Waals surface area contributed by atoms with Gasteiger partial charge in [-0.2, -0.15) is 0 Å². The van der Waals surface area contributed by atoms with Crippen LogP contribution in [0.1, 0.15) is 28.4 Å². The van der Waals surface area contributed by atoms with Gasteiger partial charge in [0.25, 0.3) is 0 Å². The van der Waals surface area contributed by atoms with Gasteiger partial charge in [0.1, 0.15) is 6.29 Å². The molecule has 2 rings (SSSR count). The SMILES string of the molecule is [3H]C1C[C@H](C=O)N(C(=O)CNC(=O)[C@@H]2C[C@H]([3H])CN2C)C1. The molecule has 0 radical (unpaired) electrons. The minimum atomic E-state index is -0.552. The van der Waals surface area contributed by atoms with E-state index in [1.807, 2.05) is 0 Å². The van der Waals surface area contributed by atoms with E-state index in [2.05, 4.69) is 5.32 Å². The van der Waals surface area contributed by atoms with Gasteiger partial charge in [0.05, 0.1) is 18.6 Å². The molecule has 6 heteroatoms. The fourth-order valence-corrected chi connectivity index (χ4v) is 2.50. The van der Waals surface area contributed by atoms with Gasteiger partial charge >= 0.3 is 0 Å². The second-order valence-electron chi connectivity index (χ2n) is 4.97. The summed E-state index contributed by atoms with van der Waals surface area (Å²) in [6.07, 6.45) is 0.790. The van der Waals surface area contributed by atoms with Crippen molar-refractivity contribution >= 4 is 18.1 Å². The third kappa shape index (κ3) is 3.12. The molecule has 19 heavy (non-hydrogen) atoms. The molecule has 0 aromatic rings. The number of likely N-dealkylation sites (N-methyl/N-ethyl adjacent to an activating group) is 1. The number of rotatable bonds is 4. The second kappa shape index (κ2) is 6.14. The highest BCUT2D eigenvalue weighted by molar-refractivity contribution is 5.88. The van der Waals surface area contributed by atoms with E-state index in [9.17, 15) is 14.4 Å². The van der Waals surface area contributed by atoms with Crippen molar-refractivity contribution in [3.05, 3.63) is 0 Å². The monoisotopic (exact) mass is 271 g/mol. The number of aldehydes is 1. The molecule has 2 heterocycles. The Balaban J connectivity index is 1.84. The Bertz CT molecular complexity index is 435. The Labute approximate surface area is 115 Å². The molecule has 106 valence electrons. The Kier molecular flexibility index (Phi) is 3.69. The number of carbonyl (C=O) groups is 3. The molecule has 2 saturated heterocycles. The third-order valence-electron chi connectivity index (χ3n) is 3.67. The van der Waals surface area contributed by atoms with Crippen LogP contribution in [0.15, 0.2) is 0 Å². The molecule has 0 aromatic carbocycles. The second-order valence-corrected chi connectivity index (χ2v) is 4.97. The molecular weight excluding hydrogens is 246 g/mol. The molecule has 1 N–H and O–H groups in total. The fourth-order valence-electron chi connectivity index (χ4n) is 2.50. The lowest BCUT2D eigenvalue weighted by atomic mass is 10.2. The topological polar surface area (TPSA) is 69.7 Å². The van der Waals surface area contributed by atoms with Crippen LogP contribution in [0.2, 0.25) is 0 Å². The molecule has 2 aliphatic rings. The number of nitrogens with zero attached hydrogens (tertiary/aromatic N) is 2. The standard InChI is InChI=1S/C13H21N3O3/c1-15-6-3-5-11(15)13(19)14-8-12(18)16-7-2-4-10(16)9-17/h9-11H,2-8H2,1H3,(H,14,19)/t10-,11+/m1/s1/i2T,3T/t2?,3-,10+,11-/m0. The van der Waals surface area contributed by atoms with Gasteiger partial charge in [0, 0.05) is 9.29 Å². The van der Waals surface area contributed by atoms with E-state index < -0.39 is 12.4 Å². The molecule has 0 bridgehead atoms. The molecule has 0 spiro atoms. The molecular formula is C13H21N3O3. The maximum atomic E-state index is 12.0. The number of nitrogens with one attached hydrogen (secondary N) is 1. The molecule has 0 aromatic heterocycles. The Morgan fingerprint density at radius 3 is 2.74 bits per heavy atom. The Morgan fingerprint density at radius 1 is 1.37 bits per heavy atom. The molecule has 4 atom stereocenters. The average Bonchev–Trinajstić information content (AvgIpc) is 2.97. The van der Waals surface area contributed by atoms with Crippen LogP contribution >= 0.6 is 0 Å². The summed E-state index contributed by atoms with van der Waals surface area (Å²) >= 11 is 0. The van der Waals surface area contributed by atoms with E-state index in [4.69, 9.17) is 2.74 Å². The van der Waals surface area contributed by atoms with E-state index in [-0.39, 0.29) is 37.3 Å². The van der Waals surface area contributed by atoms with Crippen LogP contribution < -0.4 is 5.32 Å². The van der Waals surface area contributed by atoms with E-state index >= 15 is 0 Å². The largest absolute Gasteiger partial charge is 0.346 e. The maximum absolute atomic E-state index is 12.0. The van der Waals surface area contributed by atoms with Crippen LogP contribution in [0.25, 0.3) is 0 Å². The van der Waals surface area contributed by atoms with E-state index in [0.29, 0.717) is 25.7 Å². The van der Waals surface area contributed by atoms with Gasteiger partial charge in [-0.1, -0.05) is 0 Å². The lowest BCUT2D eigenvalue weighted by Gasteiger charge is -2.22. The lowest BCUT2D eigenvalue weighted by Crippen LogP contribution is -2.47. The summed E-state index contributed by atoms with van der Waals surface area (Å²) in [4.78, 5) is 38.1. The van der Waals surface area contributed by atoms with Gasteiger partial charge in [0.2, 0.25) is 11.8 Å². The summed E-state index contributed by atoms with van der Waals surface area (Å²) in [5.41, 5.74) is 0. The summed E-state index contributed by atoms with van der Waals surface area (Å²) in [5, 5.41) is 2.58. The molecule has 6 nitrogen and oxygen atoms in total. The molecule has 2 fully saturated rings. The van der Waals surface area contributed by atoms with Crippen LogP contribution in [0.4, 0.5) is 0 Å². The quantitative estimate of drug-likeness (QED) is 0.692. The lowest BCUT2D eigenvalue weighted by molar-refractivity contribution is -0.136. The average molecular weight is 271 g/mol. The van der Waals surface area contributed by atoms with Crippen LogP contribution in [0.5, 0.6) is 0 Å². The summed E-state index contributed by atoms with van der Waals surface area (Å²) in [7, 11) is 1.79. The highest BCUT2D eigenvalue weighted by Gasteiger charge is 2.30. The zero-order chi connectivity index (χ0) is 15.6. The van der Waals surface area contributed by atoms with Crippen LogP contribution in [0.3, 0.4) is 0 Å². The van der Waals surface area contributed by atoms with Crippen molar-refractivity contribution in [3.8, 4) is 0 Å². The van der Waals surface area contributed by atoms with Crippen molar-refractivity contribution < 1.29 is 17.1 Å². The zero-order valence-corrected chi connectivity index (χ0v) is 11.0. The van der Waals surface area contributed by atoms with Gasteiger partial charge in [-0.3, -0.25) is 14.5 Å². The molecule has 1 unspecified atom stereocenters. The van der Waals surface area contributed by atoms with Crippen LogP contribution in [-0.4, -0.2) is 66.7 Å². The first-order chi connectivity index (χ1) is 9.92. The normalized spacial score (nSPS) is 36.8. The number of hydrogen-bond acceptors (Lipinski definition) is 4. The summed E-state index contributed by atoms with van der Waals surface area (Å²) in [6, 6.07) is -0.923. The van der Waals surface area contributed by atoms with Gasteiger partial charge in [0.15, 0.2) is 0 Å². The first kappa shape index (κ1) is 11.4. The van der Waals surface area contributed by atoms with Crippen LogP contribution in [-0.2, 0) is 14.4 Å². The van der Waals surface area contributed by atoms with Crippen molar-refractivity contribution in [1.29, 1.82) is 0 Å². The highest BCUT2D eigenvalue weighted by atomic mass is 16.2. The molecule has 2 aliphatic heterocycles. The van der Waals surface area contributed by atoms with Gasteiger partial charge in [-0.05, 0) is 39.2 Å². The molecule has 2 amide bonds. The first-order valence-electron chi connectivity index (χ1n) is 7.65. The van der Waals surface area contributed by atoms with Gasteiger partial charge < -0.3 is 15.0 Å². The van der Waals surface area contributed by atoms with Crippen molar-refractivity contribution in [2.45, 2.75) is 37.7 Å². The van der Waals surface area contributed by atoms with Crippen molar-refractivity contribution in [3.63, 3.8) is 0 Å². The number of carbonyl (C=O) groups excluding carboxylic acids is 3. The summed E-state index contributed by atoms with van der Waals surface area (Å²) in [6.45, 7) is 0.616. The molecule has 0 saturated carbocycles. The Morgan fingerprint density at radius 2 is 2.11 bits per heavy atom. The van der Waals surface area contributed by atoms with E-state index in [0.717, 1.165) is 0 Å². The van der Waals surface area contributed by atoms with Crippen molar-refractivity contribution in [2.75, 3.05) is 26.7 Å². The van der Waals surface area contributed by atoms with E-state index in [1.54, 1.807) is 11.9 Å². The van der Waals surface area contributed by atoms with Crippen molar-refractivity contribution in [2.24, 2.45) is 0 Å². The third-order valence-corrected chi connectivity index (χ3v) is 3.67. The molecule has 0 aliphatic carbocycles. The summed E-state index contributed by atoms with van der Waals surface area (Å²) in [5.74, 6) is -0.594. The smallest absolute Gasteiger partial charge is 0.242 e. The fraction of sp³-hybridized carbons (Fsp3) is 0.769. The van der Waals surface area contributed by atoms with Gasteiger partial charge in [-0.25, -0.2) is 0 Å².